The molecule has 2 aliphatic carbocycles. The van der Waals surface area contributed by atoms with Crippen molar-refractivity contribution >= 4 is 5.91 Å². The molecule has 4 nitrogen and oxygen atoms in total. The van der Waals surface area contributed by atoms with Crippen LogP contribution >= 0.6 is 0 Å². The SMILES string of the molecule is C#C[C@@H]1CCC(C#N)N1C(=O)CNC1CC2CCC1C2. The number of hydrogen-bond acceptors (Lipinski definition) is 3. The topological polar surface area (TPSA) is 56.1 Å². The van der Waals surface area contributed by atoms with E-state index in [-0.39, 0.29) is 18.0 Å². The lowest BCUT2D eigenvalue weighted by molar-refractivity contribution is -0.131. The molecule has 1 N–H and O–H groups in total. The van der Waals surface area contributed by atoms with Gasteiger partial charge in [0.05, 0.1) is 18.7 Å². The van der Waals surface area contributed by atoms with Gasteiger partial charge in [-0.3, -0.25) is 4.79 Å². The molecule has 0 aromatic carbocycles. The highest BCUT2D eigenvalue weighted by atomic mass is 16.2. The van der Waals surface area contributed by atoms with E-state index in [0.717, 1.165) is 18.3 Å². The first kappa shape index (κ1) is 13.5. The predicted octanol–water partition coefficient (Wildman–Crippen LogP) is 1.28. The van der Waals surface area contributed by atoms with Crippen LogP contribution in [0.1, 0.15) is 38.5 Å². The van der Waals surface area contributed by atoms with E-state index in [9.17, 15) is 4.79 Å². The van der Waals surface area contributed by atoms with Crippen molar-refractivity contribution in [3.05, 3.63) is 0 Å². The van der Waals surface area contributed by atoms with Crippen molar-refractivity contribution < 1.29 is 4.79 Å². The molecule has 5 atom stereocenters. The summed E-state index contributed by atoms with van der Waals surface area (Å²) in [5.74, 6) is 4.24. The van der Waals surface area contributed by atoms with Crippen LogP contribution in [0, 0.1) is 35.5 Å². The Hall–Kier alpha value is -1.52. The van der Waals surface area contributed by atoms with Crippen LogP contribution in [0.4, 0.5) is 0 Å². The lowest BCUT2D eigenvalue weighted by Gasteiger charge is -2.27. The summed E-state index contributed by atoms with van der Waals surface area (Å²) in [7, 11) is 0. The monoisotopic (exact) mass is 271 g/mol. The molecule has 1 aliphatic heterocycles. The minimum atomic E-state index is -0.342. The third-order valence-corrected chi connectivity index (χ3v) is 5.27. The highest BCUT2D eigenvalue weighted by Gasteiger charge is 2.40. The van der Waals surface area contributed by atoms with Crippen LogP contribution in [0.25, 0.3) is 0 Å². The summed E-state index contributed by atoms with van der Waals surface area (Å²) < 4.78 is 0. The highest BCUT2D eigenvalue weighted by Crippen LogP contribution is 2.44. The van der Waals surface area contributed by atoms with Crippen LogP contribution in [-0.4, -0.2) is 35.5 Å². The van der Waals surface area contributed by atoms with E-state index in [1.807, 2.05) is 0 Å². The normalized spacial score (nSPS) is 38.7. The van der Waals surface area contributed by atoms with E-state index in [1.165, 1.54) is 25.7 Å². The van der Waals surface area contributed by atoms with E-state index >= 15 is 0 Å². The lowest BCUT2D eigenvalue weighted by atomic mass is 9.95. The van der Waals surface area contributed by atoms with Crippen LogP contribution in [0.5, 0.6) is 0 Å². The van der Waals surface area contributed by atoms with Gasteiger partial charge in [-0.15, -0.1) is 6.42 Å². The zero-order chi connectivity index (χ0) is 14.1. The smallest absolute Gasteiger partial charge is 0.238 e. The van der Waals surface area contributed by atoms with Crippen molar-refractivity contribution in [1.29, 1.82) is 5.26 Å². The molecule has 106 valence electrons. The fraction of sp³-hybridized carbons (Fsp3) is 0.750. The van der Waals surface area contributed by atoms with Crippen LogP contribution in [0.3, 0.4) is 0 Å². The molecular formula is C16H21N3O. The van der Waals surface area contributed by atoms with Gasteiger partial charge in [0.1, 0.15) is 6.04 Å². The van der Waals surface area contributed by atoms with E-state index in [1.54, 1.807) is 4.90 Å². The summed E-state index contributed by atoms with van der Waals surface area (Å²) in [5.41, 5.74) is 0. The van der Waals surface area contributed by atoms with Crippen molar-refractivity contribution in [3.8, 4) is 18.4 Å². The van der Waals surface area contributed by atoms with Gasteiger partial charge in [0.15, 0.2) is 0 Å². The second kappa shape index (κ2) is 5.46. The maximum atomic E-state index is 12.4. The number of carbonyl (C=O) groups is 1. The molecular weight excluding hydrogens is 250 g/mol. The van der Waals surface area contributed by atoms with Crippen LogP contribution < -0.4 is 5.32 Å². The molecule has 1 heterocycles. The minimum Gasteiger partial charge on any atom is -0.312 e. The number of amides is 1. The lowest BCUT2D eigenvalue weighted by Crippen LogP contribution is -2.47. The summed E-state index contributed by atoms with van der Waals surface area (Å²) in [5, 5.41) is 12.5. The number of nitrogens with zero attached hydrogens (tertiary/aromatic N) is 2. The van der Waals surface area contributed by atoms with Gasteiger partial charge in [0.25, 0.3) is 0 Å². The van der Waals surface area contributed by atoms with Gasteiger partial charge < -0.3 is 10.2 Å². The molecule has 0 aromatic heterocycles. The third-order valence-electron chi connectivity index (χ3n) is 5.27. The van der Waals surface area contributed by atoms with Crippen molar-refractivity contribution in [3.63, 3.8) is 0 Å². The summed E-state index contributed by atoms with van der Waals surface area (Å²) in [6.45, 7) is 0.324. The van der Waals surface area contributed by atoms with Gasteiger partial charge in [0, 0.05) is 6.04 Å². The molecule has 1 amide bonds. The number of terminal acetylenes is 1. The summed E-state index contributed by atoms with van der Waals surface area (Å²) >= 11 is 0. The summed E-state index contributed by atoms with van der Waals surface area (Å²) in [4.78, 5) is 14.0. The number of nitrogens with one attached hydrogen (secondary N) is 1. The second-order valence-corrected chi connectivity index (χ2v) is 6.37. The average Bonchev–Trinajstić information content (AvgIpc) is 3.17. The fourth-order valence-electron chi connectivity index (χ4n) is 4.25. The van der Waals surface area contributed by atoms with Gasteiger partial charge in [-0.05, 0) is 43.9 Å². The number of carbonyl (C=O) groups excluding carboxylic acids is 1. The van der Waals surface area contributed by atoms with Crippen molar-refractivity contribution in [2.24, 2.45) is 11.8 Å². The molecule has 3 aliphatic rings. The molecule has 2 saturated carbocycles. The third kappa shape index (κ3) is 2.30. The number of rotatable bonds is 3. The van der Waals surface area contributed by atoms with Crippen LogP contribution in [0.2, 0.25) is 0 Å². The Morgan fingerprint density at radius 2 is 2.05 bits per heavy atom. The molecule has 3 rings (SSSR count). The Morgan fingerprint density at radius 3 is 2.65 bits per heavy atom. The molecule has 3 fully saturated rings. The molecule has 0 radical (unpaired) electrons. The average molecular weight is 271 g/mol. The van der Waals surface area contributed by atoms with Crippen LogP contribution in [-0.2, 0) is 4.79 Å². The molecule has 4 heteroatoms. The maximum Gasteiger partial charge on any atom is 0.238 e. The fourth-order valence-corrected chi connectivity index (χ4v) is 4.25. The van der Waals surface area contributed by atoms with Crippen molar-refractivity contribution in [2.75, 3.05) is 6.54 Å². The molecule has 0 spiro atoms. The summed E-state index contributed by atoms with van der Waals surface area (Å²) in [6, 6.07) is 2.14. The first-order valence-corrected chi connectivity index (χ1v) is 7.63. The van der Waals surface area contributed by atoms with Gasteiger partial charge in [-0.1, -0.05) is 12.3 Å². The molecule has 0 aromatic rings. The second-order valence-electron chi connectivity index (χ2n) is 6.37. The minimum absolute atomic E-state index is 0.0141. The van der Waals surface area contributed by atoms with E-state index in [2.05, 4.69) is 17.3 Å². The van der Waals surface area contributed by atoms with Crippen molar-refractivity contribution in [1.82, 2.24) is 10.2 Å². The van der Waals surface area contributed by atoms with Gasteiger partial charge >= 0.3 is 0 Å². The Balaban J connectivity index is 1.56. The van der Waals surface area contributed by atoms with Crippen LogP contribution in [0.15, 0.2) is 0 Å². The highest BCUT2D eigenvalue weighted by molar-refractivity contribution is 5.80. The Kier molecular flexibility index (Phi) is 3.68. The number of fused-ring (bicyclic) bond motifs is 2. The number of nitriles is 1. The number of hydrogen-bond donors (Lipinski definition) is 1. The number of likely N-dealkylation sites (tertiary alicyclic amines) is 1. The maximum absolute atomic E-state index is 12.4. The van der Waals surface area contributed by atoms with E-state index in [0.29, 0.717) is 19.0 Å². The largest absolute Gasteiger partial charge is 0.312 e. The predicted molar refractivity (Wildman–Crippen MR) is 75.3 cm³/mol. The van der Waals surface area contributed by atoms with E-state index < -0.39 is 0 Å². The first-order valence-electron chi connectivity index (χ1n) is 7.63. The zero-order valence-electron chi connectivity index (χ0n) is 11.7. The Labute approximate surface area is 120 Å². The molecule has 2 bridgehead atoms. The van der Waals surface area contributed by atoms with Crippen molar-refractivity contribution in [2.45, 2.75) is 56.7 Å². The summed E-state index contributed by atoms with van der Waals surface area (Å²) in [6.07, 6.45) is 12.1. The van der Waals surface area contributed by atoms with Gasteiger partial charge in [-0.25, -0.2) is 0 Å². The van der Waals surface area contributed by atoms with Gasteiger partial charge in [0.2, 0.25) is 5.91 Å². The zero-order valence-corrected chi connectivity index (χ0v) is 11.7. The molecule has 1 saturated heterocycles. The Morgan fingerprint density at radius 1 is 1.25 bits per heavy atom. The standard InChI is InChI=1S/C16H21N3O/c1-2-13-5-6-14(9-17)19(13)16(20)10-18-15-8-11-3-4-12(15)7-11/h1,11-15,18H,3-8,10H2/t11?,12?,13-,14?,15?/m1/s1. The quantitative estimate of drug-likeness (QED) is 0.787. The molecule has 20 heavy (non-hydrogen) atoms. The Bertz CT molecular complexity index is 453. The van der Waals surface area contributed by atoms with Gasteiger partial charge in [-0.2, -0.15) is 5.26 Å². The molecule has 4 unspecified atom stereocenters. The first-order chi connectivity index (χ1) is 9.72. The van der Waals surface area contributed by atoms with E-state index in [4.69, 9.17) is 11.7 Å².